The molecule has 0 bridgehead atoms. The number of carbonyl (C=O) groups excluding carboxylic acids is 1. The number of nitrogens with zero attached hydrogens (tertiary/aromatic N) is 2. The van der Waals surface area contributed by atoms with Crippen molar-refractivity contribution in [2.75, 3.05) is 26.7 Å². The van der Waals surface area contributed by atoms with Crippen LogP contribution in [-0.4, -0.2) is 50.3 Å². The molecule has 0 aliphatic carbocycles. The molecule has 1 atom stereocenters. The van der Waals surface area contributed by atoms with Crippen LogP contribution in [0.15, 0.2) is 70.9 Å². The lowest BCUT2D eigenvalue weighted by Crippen LogP contribution is -2.47. The summed E-state index contributed by atoms with van der Waals surface area (Å²) in [7, 11) is -2.29. The van der Waals surface area contributed by atoms with Gasteiger partial charge in [-0.1, -0.05) is 43.7 Å². The van der Waals surface area contributed by atoms with E-state index >= 15 is 0 Å². The fourth-order valence-corrected chi connectivity index (χ4v) is 6.67. The first kappa shape index (κ1) is 24.4. The van der Waals surface area contributed by atoms with E-state index in [2.05, 4.69) is 11.4 Å². The highest BCUT2D eigenvalue weighted by atomic mass is 32.2. The third-order valence-corrected chi connectivity index (χ3v) is 9.03. The number of methoxy groups -OCH3 is 1. The maximum Gasteiger partial charge on any atom is 0.243 e. The Balaban J connectivity index is 1.63. The molecule has 6 nitrogen and oxygen atoms in total. The van der Waals surface area contributed by atoms with Crippen LogP contribution in [0.1, 0.15) is 41.8 Å². The predicted molar refractivity (Wildman–Crippen MR) is 135 cm³/mol. The van der Waals surface area contributed by atoms with Gasteiger partial charge in [0.25, 0.3) is 0 Å². The van der Waals surface area contributed by atoms with Crippen molar-refractivity contribution in [3.8, 4) is 5.75 Å². The molecule has 1 amide bonds. The van der Waals surface area contributed by atoms with Gasteiger partial charge in [-0.2, -0.15) is 4.31 Å². The van der Waals surface area contributed by atoms with Crippen LogP contribution >= 0.6 is 11.3 Å². The Hall–Kier alpha value is -2.68. The Kier molecular flexibility index (Phi) is 7.70. The molecule has 1 aliphatic rings. The van der Waals surface area contributed by atoms with Crippen LogP contribution in [0.25, 0.3) is 0 Å². The number of hydrogen-bond acceptors (Lipinski definition) is 5. The van der Waals surface area contributed by atoms with E-state index in [1.54, 1.807) is 23.5 Å². The van der Waals surface area contributed by atoms with Crippen LogP contribution in [0.5, 0.6) is 5.75 Å². The first-order chi connectivity index (χ1) is 16.5. The molecule has 1 aromatic heterocycles. The average Bonchev–Trinajstić information content (AvgIpc) is 3.35. The first-order valence-electron chi connectivity index (χ1n) is 11.5. The Morgan fingerprint density at radius 3 is 2.53 bits per heavy atom. The Bertz CT molecular complexity index is 1210. The Labute approximate surface area is 205 Å². The summed E-state index contributed by atoms with van der Waals surface area (Å²) in [6.45, 7) is 2.69. The van der Waals surface area contributed by atoms with E-state index in [-0.39, 0.29) is 23.4 Å². The molecule has 2 heterocycles. The van der Waals surface area contributed by atoms with Gasteiger partial charge in [-0.3, -0.25) is 4.79 Å². The molecule has 0 saturated heterocycles. The average molecular weight is 499 g/mol. The van der Waals surface area contributed by atoms with Crippen molar-refractivity contribution in [3.63, 3.8) is 0 Å². The molecule has 0 spiro atoms. The van der Waals surface area contributed by atoms with Crippen molar-refractivity contribution in [2.24, 2.45) is 0 Å². The molecule has 0 N–H and O–H groups in total. The van der Waals surface area contributed by atoms with E-state index < -0.39 is 10.0 Å². The van der Waals surface area contributed by atoms with E-state index in [4.69, 9.17) is 4.74 Å². The Morgan fingerprint density at radius 2 is 1.85 bits per heavy atom. The van der Waals surface area contributed by atoms with Gasteiger partial charge < -0.3 is 9.64 Å². The van der Waals surface area contributed by atoms with E-state index in [1.165, 1.54) is 28.4 Å². The Morgan fingerprint density at radius 1 is 1.12 bits per heavy atom. The minimum absolute atomic E-state index is 0.163. The standard InChI is InChI=1S/C26H30N2O4S2/c1-3-4-16-27(34(30,31)22-12-10-21(32-2)11-13-22)19-25(29)28-17-14-24-23(15-18-33-24)26(28)20-8-6-5-7-9-20/h5-13,15,18,26H,3-4,14,16-17,19H2,1-2H3. The van der Waals surface area contributed by atoms with Gasteiger partial charge >= 0.3 is 0 Å². The lowest BCUT2D eigenvalue weighted by Gasteiger charge is -2.37. The fourth-order valence-electron chi connectivity index (χ4n) is 4.34. The molecule has 0 radical (unpaired) electrons. The zero-order valence-electron chi connectivity index (χ0n) is 19.5. The fraction of sp³-hybridized carbons (Fsp3) is 0.346. The molecular weight excluding hydrogens is 468 g/mol. The van der Waals surface area contributed by atoms with Crippen LogP contribution < -0.4 is 4.74 Å². The minimum Gasteiger partial charge on any atom is -0.497 e. The van der Waals surface area contributed by atoms with Crippen LogP contribution in [0.4, 0.5) is 0 Å². The number of ether oxygens (including phenoxy) is 1. The van der Waals surface area contributed by atoms with Crippen molar-refractivity contribution in [1.82, 2.24) is 9.21 Å². The number of amides is 1. The van der Waals surface area contributed by atoms with Gasteiger partial charge in [-0.05, 0) is 59.7 Å². The van der Waals surface area contributed by atoms with Gasteiger partial charge in [0.2, 0.25) is 15.9 Å². The van der Waals surface area contributed by atoms with Crippen molar-refractivity contribution in [2.45, 2.75) is 37.1 Å². The van der Waals surface area contributed by atoms with E-state index in [0.29, 0.717) is 25.3 Å². The predicted octanol–water partition coefficient (Wildman–Crippen LogP) is 4.72. The van der Waals surface area contributed by atoms with Crippen LogP contribution in [0, 0.1) is 0 Å². The van der Waals surface area contributed by atoms with Crippen molar-refractivity contribution in [3.05, 3.63) is 82.0 Å². The summed E-state index contributed by atoms with van der Waals surface area (Å²) in [6.07, 6.45) is 2.29. The molecule has 1 unspecified atom stereocenters. The second-order valence-electron chi connectivity index (χ2n) is 8.32. The second-order valence-corrected chi connectivity index (χ2v) is 11.3. The maximum absolute atomic E-state index is 13.7. The van der Waals surface area contributed by atoms with Gasteiger partial charge in [0, 0.05) is 18.0 Å². The molecule has 2 aromatic carbocycles. The van der Waals surface area contributed by atoms with Crippen molar-refractivity contribution in [1.29, 1.82) is 0 Å². The third kappa shape index (κ3) is 5.04. The summed E-state index contributed by atoms with van der Waals surface area (Å²) in [4.78, 5) is 17.0. The number of benzene rings is 2. The summed E-state index contributed by atoms with van der Waals surface area (Å²) >= 11 is 1.71. The van der Waals surface area contributed by atoms with Crippen LogP contribution in [0.2, 0.25) is 0 Å². The number of thiophene rings is 1. The first-order valence-corrected chi connectivity index (χ1v) is 13.8. The van der Waals surface area contributed by atoms with Crippen LogP contribution in [0.3, 0.4) is 0 Å². The quantitative estimate of drug-likeness (QED) is 0.428. The molecule has 4 rings (SSSR count). The number of hydrogen-bond donors (Lipinski definition) is 0. The molecule has 1 aliphatic heterocycles. The van der Waals surface area contributed by atoms with Crippen LogP contribution in [-0.2, 0) is 21.2 Å². The highest BCUT2D eigenvalue weighted by Crippen LogP contribution is 2.38. The summed E-state index contributed by atoms with van der Waals surface area (Å²) in [5.74, 6) is 0.402. The number of rotatable bonds is 9. The molecule has 180 valence electrons. The largest absolute Gasteiger partial charge is 0.497 e. The summed E-state index contributed by atoms with van der Waals surface area (Å²) in [6, 6.07) is 18.1. The zero-order chi connectivity index (χ0) is 24.1. The topological polar surface area (TPSA) is 66.9 Å². The van der Waals surface area contributed by atoms with Crippen molar-refractivity contribution >= 4 is 27.3 Å². The molecule has 34 heavy (non-hydrogen) atoms. The maximum atomic E-state index is 13.7. The van der Waals surface area contributed by atoms with Gasteiger partial charge in [0.15, 0.2) is 0 Å². The molecule has 0 saturated carbocycles. The van der Waals surface area contributed by atoms with E-state index in [9.17, 15) is 13.2 Å². The summed E-state index contributed by atoms with van der Waals surface area (Å²) in [5.41, 5.74) is 2.17. The molecule has 8 heteroatoms. The number of sulfonamides is 1. The lowest BCUT2D eigenvalue weighted by atomic mass is 9.93. The normalized spacial score (nSPS) is 15.9. The molecule has 3 aromatic rings. The highest BCUT2D eigenvalue weighted by Gasteiger charge is 2.35. The lowest BCUT2D eigenvalue weighted by molar-refractivity contribution is -0.133. The SMILES string of the molecule is CCCCN(CC(=O)N1CCc2sccc2C1c1ccccc1)S(=O)(=O)c1ccc(OC)cc1. The van der Waals surface area contributed by atoms with Gasteiger partial charge in [-0.25, -0.2) is 8.42 Å². The third-order valence-electron chi connectivity index (χ3n) is 6.17. The smallest absolute Gasteiger partial charge is 0.243 e. The monoisotopic (exact) mass is 498 g/mol. The zero-order valence-corrected chi connectivity index (χ0v) is 21.1. The van der Waals surface area contributed by atoms with E-state index in [0.717, 1.165) is 24.0 Å². The van der Waals surface area contributed by atoms with Gasteiger partial charge in [-0.15, -0.1) is 11.3 Å². The number of fused-ring (bicyclic) bond motifs is 1. The van der Waals surface area contributed by atoms with E-state index in [1.807, 2.05) is 42.2 Å². The van der Waals surface area contributed by atoms with Gasteiger partial charge in [0.05, 0.1) is 24.6 Å². The second kappa shape index (κ2) is 10.7. The number of unbranched alkanes of at least 4 members (excludes halogenated alkanes) is 1. The van der Waals surface area contributed by atoms with Crippen molar-refractivity contribution < 1.29 is 17.9 Å². The molecular formula is C26H30N2O4S2. The highest BCUT2D eigenvalue weighted by molar-refractivity contribution is 7.89. The number of carbonyl (C=O) groups is 1. The summed E-state index contributed by atoms with van der Waals surface area (Å²) < 4.78 is 33.4. The molecule has 0 fully saturated rings. The minimum atomic E-state index is -3.83. The van der Waals surface area contributed by atoms with Gasteiger partial charge in [0.1, 0.15) is 5.75 Å². The summed E-state index contributed by atoms with van der Waals surface area (Å²) in [5, 5.41) is 2.07.